The van der Waals surface area contributed by atoms with Gasteiger partial charge >= 0.3 is 0 Å². The molecule has 0 radical (unpaired) electrons. The van der Waals surface area contributed by atoms with Crippen LogP contribution in [0.4, 0.5) is 0 Å². The molecule has 0 aliphatic rings. The minimum Gasteiger partial charge on any atom is -0.282 e. The molecule has 0 aromatic heterocycles. The predicted octanol–water partition coefficient (Wildman–Crippen LogP) is 2.65. The number of rotatable bonds is 5. The minimum absolute atomic E-state index is 0.0209. The van der Waals surface area contributed by atoms with Crippen LogP contribution in [0.5, 0.6) is 0 Å². The zero-order chi connectivity index (χ0) is 13.1. The van der Waals surface area contributed by atoms with Crippen molar-refractivity contribution < 1.29 is 13.0 Å². The van der Waals surface area contributed by atoms with Crippen LogP contribution >= 0.6 is 0 Å². The molecule has 3 nitrogen and oxygen atoms in total. The zero-order valence-electron chi connectivity index (χ0n) is 10.6. The summed E-state index contributed by atoms with van der Waals surface area (Å²) >= 11 is 0. The Labute approximate surface area is 105 Å². The lowest BCUT2D eigenvalue weighted by molar-refractivity contribution is 0.483. The molecular weight excluding hydrogens is 252 g/mol. The van der Waals surface area contributed by atoms with Crippen LogP contribution in [0.2, 0.25) is 18.1 Å². The fourth-order valence-electron chi connectivity index (χ4n) is 2.34. The van der Waals surface area contributed by atoms with Crippen molar-refractivity contribution >= 4 is 23.4 Å². The molecule has 17 heavy (non-hydrogen) atoms. The smallest absolute Gasteiger partial charge is 0.282 e. The van der Waals surface area contributed by atoms with Gasteiger partial charge < -0.3 is 0 Å². The fraction of sp³-hybridized carbons (Fsp3) is 0.500. The Bertz CT molecular complexity index is 453. The van der Waals surface area contributed by atoms with Crippen LogP contribution in [0.1, 0.15) is 20.8 Å². The summed E-state index contributed by atoms with van der Waals surface area (Å²) in [7, 11) is -5.52. The van der Waals surface area contributed by atoms with Crippen molar-refractivity contribution in [1.82, 2.24) is 0 Å². The van der Waals surface area contributed by atoms with E-state index in [1.165, 1.54) is 17.3 Å². The molecule has 0 heterocycles. The van der Waals surface area contributed by atoms with Crippen LogP contribution in [-0.4, -0.2) is 21.0 Å². The second-order valence-electron chi connectivity index (χ2n) is 4.34. The van der Waals surface area contributed by atoms with E-state index < -0.39 is 18.2 Å². The van der Waals surface area contributed by atoms with Gasteiger partial charge in [0.25, 0.3) is 10.1 Å². The molecule has 0 aliphatic heterocycles. The van der Waals surface area contributed by atoms with Gasteiger partial charge in [-0.05, 0) is 12.1 Å². The average molecular weight is 272 g/mol. The van der Waals surface area contributed by atoms with Crippen LogP contribution in [0, 0.1) is 0 Å². The fourth-order valence-corrected chi connectivity index (χ4v) is 6.42. The maximum atomic E-state index is 11.0. The largest absolute Gasteiger partial charge is 0.294 e. The third kappa shape index (κ3) is 2.97. The number of hydrogen-bond acceptors (Lipinski definition) is 2. The normalized spacial score (nSPS) is 12.7. The molecule has 1 aromatic rings. The van der Waals surface area contributed by atoms with Crippen molar-refractivity contribution in [2.75, 3.05) is 0 Å². The van der Waals surface area contributed by atoms with Gasteiger partial charge in [0.05, 0.1) is 13.0 Å². The summed E-state index contributed by atoms with van der Waals surface area (Å²) in [5.41, 5.74) is 0. The molecule has 0 aliphatic carbocycles. The molecule has 0 saturated heterocycles. The van der Waals surface area contributed by atoms with E-state index in [0.29, 0.717) is 0 Å². The Morgan fingerprint density at radius 1 is 1.00 bits per heavy atom. The molecule has 0 unspecified atom stereocenters. The molecule has 0 amide bonds. The van der Waals surface area contributed by atoms with E-state index in [9.17, 15) is 8.42 Å². The topological polar surface area (TPSA) is 54.4 Å². The highest BCUT2D eigenvalue weighted by molar-refractivity contribution is 7.85. The van der Waals surface area contributed by atoms with Crippen LogP contribution in [0.15, 0.2) is 29.2 Å². The molecule has 1 N–H and O–H groups in total. The zero-order valence-corrected chi connectivity index (χ0v) is 12.4. The van der Waals surface area contributed by atoms with Crippen LogP contribution in [0.25, 0.3) is 0 Å². The van der Waals surface area contributed by atoms with Crippen LogP contribution in [0.3, 0.4) is 0 Å². The van der Waals surface area contributed by atoms with Crippen molar-refractivity contribution in [3.63, 3.8) is 0 Å². The number of hydrogen-bond donors (Lipinski definition) is 1. The van der Waals surface area contributed by atoms with Gasteiger partial charge in [0.1, 0.15) is 0 Å². The first-order valence-corrected chi connectivity index (χ1v) is 10.0. The van der Waals surface area contributed by atoms with Crippen LogP contribution < -0.4 is 5.19 Å². The summed E-state index contributed by atoms with van der Waals surface area (Å²) in [6, 6.07) is 10.2. The number of benzene rings is 1. The Morgan fingerprint density at radius 2 is 1.41 bits per heavy atom. The van der Waals surface area contributed by atoms with E-state index in [4.69, 9.17) is 4.55 Å². The van der Waals surface area contributed by atoms with E-state index in [1.54, 1.807) is 0 Å². The lowest BCUT2D eigenvalue weighted by Crippen LogP contribution is -2.45. The Balaban J connectivity index is 3.18. The van der Waals surface area contributed by atoms with Gasteiger partial charge in [0.2, 0.25) is 0 Å². The van der Waals surface area contributed by atoms with Gasteiger partial charge in [-0.1, -0.05) is 56.2 Å². The van der Waals surface area contributed by atoms with Gasteiger partial charge in [-0.15, -0.1) is 0 Å². The molecule has 5 heteroatoms. The molecule has 96 valence electrons. The summed E-state index contributed by atoms with van der Waals surface area (Å²) < 4.78 is 30.9. The highest BCUT2D eigenvalue weighted by atomic mass is 32.2. The average Bonchev–Trinajstić information content (AvgIpc) is 2.32. The maximum Gasteiger partial charge on any atom is 0.294 e. The second kappa shape index (κ2) is 5.33. The van der Waals surface area contributed by atoms with Crippen molar-refractivity contribution in [3.8, 4) is 0 Å². The quantitative estimate of drug-likeness (QED) is 0.662. The molecule has 0 spiro atoms. The van der Waals surface area contributed by atoms with Gasteiger partial charge in [0.15, 0.2) is 0 Å². The Kier molecular flexibility index (Phi) is 4.52. The lowest BCUT2D eigenvalue weighted by Gasteiger charge is -2.28. The SMILES string of the molecule is CC[Si](CC)(CC)c1ccc(S(=O)(=O)O)cc1. The first kappa shape index (κ1) is 14.4. The van der Waals surface area contributed by atoms with E-state index in [2.05, 4.69) is 20.8 Å². The van der Waals surface area contributed by atoms with Gasteiger partial charge in [-0.3, -0.25) is 4.55 Å². The van der Waals surface area contributed by atoms with Gasteiger partial charge in [-0.25, -0.2) is 0 Å². The van der Waals surface area contributed by atoms with Crippen molar-refractivity contribution in [2.45, 2.75) is 43.8 Å². The van der Waals surface area contributed by atoms with E-state index in [-0.39, 0.29) is 4.90 Å². The van der Waals surface area contributed by atoms with Crippen molar-refractivity contribution in [1.29, 1.82) is 0 Å². The summed E-state index contributed by atoms with van der Waals surface area (Å²) in [4.78, 5) is -0.0209. The third-order valence-electron chi connectivity index (χ3n) is 3.79. The summed E-state index contributed by atoms with van der Waals surface area (Å²) in [5, 5.41) is 1.28. The molecule has 0 bridgehead atoms. The Hall–Kier alpha value is -0.653. The first-order valence-electron chi connectivity index (χ1n) is 5.97. The first-order chi connectivity index (χ1) is 7.89. The predicted molar refractivity (Wildman–Crippen MR) is 73.1 cm³/mol. The lowest BCUT2D eigenvalue weighted by atomic mass is 10.4. The summed E-state index contributed by atoms with van der Waals surface area (Å²) in [5.74, 6) is 0. The highest BCUT2D eigenvalue weighted by Crippen LogP contribution is 2.20. The van der Waals surface area contributed by atoms with Crippen LogP contribution in [-0.2, 0) is 10.1 Å². The summed E-state index contributed by atoms with van der Waals surface area (Å²) in [6.45, 7) is 6.61. The van der Waals surface area contributed by atoms with Crippen molar-refractivity contribution in [2.24, 2.45) is 0 Å². The summed E-state index contributed by atoms with van der Waals surface area (Å²) in [6.07, 6.45) is 0. The van der Waals surface area contributed by atoms with E-state index in [0.717, 1.165) is 18.1 Å². The monoisotopic (exact) mass is 272 g/mol. The molecule has 1 rings (SSSR count). The van der Waals surface area contributed by atoms with E-state index in [1.807, 2.05) is 12.1 Å². The molecule has 0 atom stereocenters. The highest BCUT2D eigenvalue weighted by Gasteiger charge is 2.29. The van der Waals surface area contributed by atoms with Gasteiger partial charge in [-0.2, -0.15) is 8.42 Å². The van der Waals surface area contributed by atoms with E-state index >= 15 is 0 Å². The second-order valence-corrected chi connectivity index (χ2v) is 11.0. The minimum atomic E-state index is -4.07. The Morgan fingerprint density at radius 3 is 1.71 bits per heavy atom. The maximum absolute atomic E-state index is 11.0. The third-order valence-corrected chi connectivity index (χ3v) is 10.3. The molecule has 0 saturated carbocycles. The standard InChI is InChI=1S/C12H20O3SSi/c1-4-17(5-2,6-3)12-9-7-11(8-10-12)16(13,14)15/h7-10H,4-6H2,1-3H3,(H,13,14,15). The molecule has 0 fully saturated rings. The molecular formula is C12H20O3SSi. The molecule has 1 aromatic carbocycles. The van der Waals surface area contributed by atoms with Gasteiger partial charge in [0, 0.05) is 0 Å². The van der Waals surface area contributed by atoms with Crippen molar-refractivity contribution in [3.05, 3.63) is 24.3 Å².